The second kappa shape index (κ2) is 8.21. The molecule has 3 N–H and O–H groups in total. The van der Waals surface area contributed by atoms with E-state index in [2.05, 4.69) is 10.2 Å². The van der Waals surface area contributed by atoms with Crippen LogP contribution in [0, 0.1) is 11.8 Å². The Morgan fingerprint density at radius 2 is 1.50 bits per heavy atom. The lowest BCUT2D eigenvalue weighted by Crippen LogP contribution is -2.51. The largest absolute Gasteiger partial charge is 0.326 e. The zero-order valence-corrected chi connectivity index (χ0v) is 17.0. The molecule has 0 aromatic heterocycles. The van der Waals surface area contributed by atoms with Crippen molar-refractivity contribution in [2.24, 2.45) is 17.0 Å². The van der Waals surface area contributed by atoms with Crippen LogP contribution >= 0.6 is 12.4 Å². The minimum Gasteiger partial charge on any atom is -0.326 e. The van der Waals surface area contributed by atoms with Crippen molar-refractivity contribution >= 4 is 34.0 Å². The van der Waals surface area contributed by atoms with Gasteiger partial charge in [0.1, 0.15) is 0 Å². The van der Waals surface area contributed by atoms with Crippen LogP contribution < -0.4 is 10.5 Å². The standard InChI is InChI=1S/C20H23N3O3S.ClH/c21-27(25,26)18-7-3-15(4-8-18)14-1-5-17(6-2-14)22-20(24)19-13-23-11-9-16(19)10-12-23;/h1-8,16,19H,9-13H2,(H,22,24)(H2,21,25,26);1H/t19-;/m0./s1. The van der Waals surface area contributed by atoms with E-state index in [0.717, 1.165) is 49.3 Å². The number of nitrogens with two attached hydrogens (primary N) is 1. The SMILES string of the molecule is Cl.NS(=O)(=O)c1ccc(-c2ccc(NC(=O)[C@H]3CN4CCC3CC4)cc2)cc1. The molecule has 2 aromatic rings. The molecule has 3 aliphatic rings. The Morgan fingerprint density at radius 3 is 1.96 bits per heavy atom. The Labute approximate surface area is 171 Å². The van der Waals surface area contributed by atoms with E-state index >= 15 is 0 Å². The number of anilines is 1. The Hall–Kier alpha value is -1.93. The first-order valence-corrected chi connectivity index (χ1v) is 10.7. The quantitative estimate of drug-likeness (QED) is 0.793. The maximum Gasteiger partial charge on any atom is 0.238 e. The summed E-state index contributed by atoms with van der Waals surface area (Å²) in [5.74, 6) is 0.694. The lowest BCUT2D eigenvalue weighted by molar-refractivity contribution is -0.125. The predicted molar refractivity (Wildman–Crippen MR) is 112 cm³/mol. The maximum atomic E-state index is 12.6. The molecule has 3 heterocycles. The molecule has 3 fully saturated rings. The van der Waals surface area contributed by atoms with Gasteiger partial charge in [-0.15, -0.1) is 12.4 Å². The van der Waals surface area contributed by atoms with Crippen molar-refractivity contribution in [1.82, 2.24) is 4.90 Å². The van der Waals surface area contributed by atoms with E-state index in [0.29, 0.717) is 5.92 Å². The molecule has 28 heavy (non-hydrogen) atoms. The number of piperidine rings is 3. The molecule has 2 bridgehead atoms. The molecule has 0 aliphatic carbocycles. The lowest BCUT2D eigenvalue weighted by atomic mass is 9.78. The van der Waals surface area contributed by atoms with Gasteiger partial charge in [-0.2, -0.15) is 0 Å². The zero-order valence-electron chi connectivity index (χ0n) is 15.4. The second-order valence-electron chi connectivity index (χ2n) is 7.38. The zero-order chi connectivity index (χ0) is 19.0. The van der Waals surface area contributed by atoms with Crippen molar-refractivity contribution < 1.29 is 13.2 Å². The number of halogens is 1. The summed E-state index contributed by atoms with van der Waals surface area (Å²) < 4.78 is 22.7. The molecule has 0 unspecified atom stereocenters. The average molecular weight is 422 g/mol. The van der Waals surface area contributed by atoms with Gasteiger partial charge in [0.2, 0.25) is 15.9 Å². The number of primary sulfonamides is 1. The van der Waals surface area contributed by atoms with Gasteiger partial charge in [-0.3, -0.25) is 4.79 Å². The molecule has 1 atom stereocenters. The number of carbonyl (C=O) groups excluding carboxylic acids is 1. The molecule has 3 aliphatic heterocycles. The smallest absolute Gasteiger partial charge is 0.238 e. The van der Waals surface area contributed by atoms with Gasteiger partial charge in [0, 0.05) is 12.2 Å². The number of hydrogen-bond donors (Lipinski definition) is 2. The fourth-order valence-corrected chi connectivity index (χ4v) is 4.60. The van der Waals surface area contributed by atoms with Crippen molar-refractivity contribution in [1.29, 1.82) is 0 Å². The molecule has 1 amide bonds. The van der Waals surface area contributed by atoms with Crippen LogP contribution in [0.3, 0.4) is 0 Å². The topological polar surface area (TPSA) is 92.5 Å². The molecule has 6 nitrogen and oxygen atoms in total. The minimum absolute atomic E-state index is 0. The third-order valence-corrected chi connectivity index (χ3v) is 6.59. The molecule has 150 valence electrons. The average Bonchev–Trinajstić information content (AvgIpc) is 2.69. The predicted octanol–water partition coefficient (Wildman–Crippen LogP) is 2.70. The minimum atomic E-state index is -3.69. The Morgan fingerprint density at radius 1 is 0.964 bits per heavy atom. The highest BCUT2D eigenvalue weighted by molar-refractivity contribution is 7.89. The monoisotopic (exact) mass is 421 g/mol. The normalized spacial score (nSPS) is 23.7. The van der Waals surface area contributed by atoms with E-state index < -0.39 is 10.0 Å². The van der Waals surface area contributed by atoms with Gasteiger partial charge in [-0.1, -0.05) is 24.3 Å². The van der Waals surface area contributed by atoms with E-state index in [1.165, 1.54) is 12.1 Å². The number of nitrogens with zero attached hydrogens (tertiary/aromatic N) is 1. The van der Waals surface area contributed by atoms with Crippen LogP contribution in [0.5, 0.6) is 0 Å². The van der Waals surface area contributed by atoms with Crippen LogP contribution in [0.1, 0.15) is 12.8 Å². The van der Waals surface area contributed by atoms with Crippen molar-refractivity contribution in [3.63, 3.8) is 0 Å². The van der Waals surface area contributed by atoms with Gasteiger partial charge in [0.05, 0.1) is 10.8 Å². The summed E-state index contributed by atoms with van der Waals surface area (Å²) in [4.78, 5) is 15.1. The van der Waals surface area contributed by atoms with Crippen LogP contribution in [0.25, 0.3) is 11.1 Å². The number of rotatable bonds is 4. The molecule has 3 saturated heterocycles. The number of sulfonamides is 1. The number of amides is 1. The first-order chi connectivity index (χ1) is 12.9. The second-order valence-corrected chi connectivity index (χ2v) is 8.94. The van der Waals surface area contributed by atoms with E-state index in [1.54, 1.807) is 12.1 Å². The third kappa shape index (κ3) is 4.38. The van der Waals surface area contributed by atoms with Crippen molar-refractivity contribution in [3.8, 4) is 11.1 Å². The molecule has 0 saturated carbocycles. The summed E-state index contributed by atoms with van der Waals surface area (Å²) in [5.41, 5.74) is 2.61. The van der Waals surface area contributed by atoms with Gasteiger partial charge in [0.15, 0.2) is 0 Å². The molecule has 2 aromatic carbocycles. The first kappa shape index (κ1) is 20.8. The summed E-state index contributed by atoms with van der Waals surface area (Å²) in [5, 5.41) is 8.17. The molecule has 8 heteroatoms. The molecule has 0 radical (unpaired) electrons. The summed E-state index contributed by atoms with van der Waals surface area (Å²) in [7, 11) is -3.69. The maximum absolute atomic E-state index is 12.6. The van der Waals surface area contributed by atoms with Crippen LogP contribution in [0.2, 0.25) is 0 Å². The van der Waals surface area contributed by atoms with Gasteiger partial charge in [-0.05, 0) is 67.2 Å². The fourth-order valence-electron chi connectivity index (χ4n) is 4.08. The number of nitrogens with one attached hydrogen (secondary N) is 1. The van der Waals surface area contributed by atoms with E-state index in [1.807, 2.05) is 24.3 Å². The van der Waals surface area contributed by atoms with Crippen LogP contribution in [0.15, 0.2) is 53.4 Å². The summed E-state index contributed by atoms with van der Waals surface area (Å²) >= 11 is 0. The number of carbonyl (C=O) groups is 1. The first-order valence-electron chi connectivity index (χ1n) is 9.17. The van der Waals surface area contributed by atoms with Crippen molar-refractivity contribution in [3.05, 3.63) is 48.5 Å². The fraction of sp³-hybridized carbons (Fsp3) is 0.350. The van der Waals surface area contributed by atoms with Gasteiger partial charge >= 0.3 is 0 Å². The Bertz CT molecular complexity index is 938. The highest BCUT2D eigenvalue weighted by Crippen LogP contribution is 2.33. The van der Waals surface area contributed by atoms with Crippen molar-refractivity contribution in [2.75, 3.05) is 25.0 Å². The van der Waals surface area contributed by atoms with Gasteiger partial charge in [-0.25, -0.2) is 13.6 Å². The number of hydrogen-bond acceptors (Lipinski definition) is 4. The molecular formula is C20H24ClN3O3S. The van der Waals surface area contributed by atoms with Crippen molar-refractivity contribution in [2.45, 2.75) is 17.7 Å². The summed E-state index contributed by atoms with van der Waals surface area (Å²) in [6.07, 6.45) is 2.23. The molecular weight excluding hydrogens is 398 g/mol. The van der Waals surface area contributed by atoms with E-state index in [-0.39, 0.29) is 29.1 Å². The van der Waals surface area contributed by atoms with Crippen LogP contribution in [-0.2, 0) is 14.8 Å². The van der Waals surface area contributed by atoms with Gasteiger partial charge in [0.25, 0.3) is 0 Å². The summed E-state index contributed by atoms with van der Waals surface area (Å²) in [6.45, 7) is 3.10. The van der Waals surface area contributed by atoms with Crippen LogP contribution in [-0.4, -0.2) is 38.9 Å². The molecule has 0 spiro atoms. The Kier molecular flexibility index (Phi) is 6.09. The van der Waals surface area contributed by atoms with E-state index in [4.69, 9.17) is 5.14 Å². The highest BCUT2D eigenvalue weighted by atomic mass is 35.5. The van der Waals surface area contributed by atoms with Gasteiger partial charge < -0.3 is 10.2 Å². The lowest BCUT2D eigenvalue weighted by Gasteiger charge is -2.43. The number of fused-ring (bicyclic) bond motifs is 3. The Balaban J connectivity index is 0.00000225. The highest BCUT2D eigenvalue weighted by Gasteiger charge is 2.38. The molecule has 5 rings (SSSR count). The summed E-state index contributed by atoms with van der Waals surface area (Å²) in [6, 6.07) is 14.0. The van der Waals surface area contributed by atoms with E-state index in [9.17, 15) is 13.2 Å². The number of benzene rings is 2. The van der Waals surface area contributed by atoms with Crippen LogP contribution in [0.4, 0.5) is 5.69 Å². The third-order valence-electron chi connectivity index (χ3n) is 5.66.